The summed E-state index contributed by atoms with van der Waals surface area (Å²) in [4.78, 5) is 12.3. The molecule has 0 heterocycles. The minimum absolute atomic E-state index is 0.0219. The van der Waals surface area contributed by atoms with Crippen molar-refractivity contribution in [3.8, 4) is 0 Å². The third-order valence-corrected chi connectivity index (χ3v) is 4.82. The molecule has 0 N–H and O–H groups in total. The molecule has 1 saturated carbocycles. The van der Waals surface area contributed by atoms with Gasteiger partial charge in [0, 0.05) is 17.9 Å². The lowest BCUT2D eigenvalue weighted by Gasteiger charge is -2.36. The van der Waals surface area contributed by atoms with Gasteiger partial charge in [0.25, 0.3) is 0 Å². The molecule has 116 valence electrons. The molecule has 0 unspecified atom stereocenters. The van der Waals surface area contributed by atoms with E-state index in [2.05, 4.69) is 20.8 Å². The molecule has 1 fully saturated rings. The molecule has 1 aromatic rings. The van der Waals surface area contributed by atoms with Gasteiger partial charge in [-0.25, -0.2) is 8.78 Å². The van der Waals surface area contributed by atoms with Crippen molar-refractivity contribution in [2.75, 3.05) is 0 Å². The first kappa shape index (κ1) is 16.1. The van der Waals surface area contributed by atoms with E-state index in [1.54, 1.807) is 0 Å². The maximum atomic E-state index is 13.6. The zero-order chi connectivity index (χ0) is 15.6. The Morgan fingerprint density at radius 2 is 1.62 bits per heavy atom. The van der Waals surface area contributed by atoms with Crippen LogP contribution < -0.4 is 0 Å². The van der Waals surface area contributed by atoms with Crippen LogP contribution in [0.5, 0.6) is 0 Å². The Morgan fingerprint density at radius 1 is 1.10 bits per heavy atom. The first-order valence-electron chi connectivity index (χ1n) is 7.74. The van der Waals surface area contributed by atoms with E-state index in [0.717, 1.165) is 25.7 Å². The number of halogens is 2. The third-order valence-electron chi connectivity index (χ3n) is 4.82. The van der Waals surface area contributed by atoms with Gasteiger partial charge in [-0.15, -0.1) is 0 Å². The monoisotopic (exact) mass is 294 g/mol. The van der Waals surface area contributed by atoms with E-state index in [1.165, 1.54) is 18.2 Å². The average molecular weight is 294 g/mol. The molecule has 0 atom stereocenters. The van der Waals surface area contributed by atoms with Crippen molar-refractivity contribution in [1.82, 2.24) is 0 Å². The standard InChI is InChI=1S/C18H24F2O/c1-18(2,3)13-9-7-12(8-10-13)17(21)11-14-15(19)5-4-6-16(14)20/h4-6,12-13H,7-11H2,1-3H3. The molecule has 3 heteroatoms. The molecule has 21 heavy (non-hydrogen) atoms. The fraction of sp³-hybridized carbons (Fsp3) is 0.611. The molecule has 1 aromatic carbocycles. The van der Waals surface area contributed by atoms with Gasteiger partial charge in [-0.3, -0.25) is 4.79 Å². The maximum Gasteiger partial charge on any atom is 0.140 e. The average Bonchev–Trinajstić information content (AvgIpc) is 2.42. The van der Waals surface area contributed by atoms with E-state index < -0.39 is 11.6 Å². The Hall–Kier alpha value is -1.25. The zero-order valence-electron chi connectivity index (χ0n) is 13.1. The van der Waals surface area contributed by atoms with Gasteiger partial charge in [-0.1, -0.05) is 26.8 Å². The van der Waals surface area contributed by atoms with Gasteiger partial charge in [-0.2, -0.15) is 0 Å². The fourth-order valence-corrected chi connectivity index (χ4v) is 3.30. The van der Waals surface area contributed by atoms with Gasteiger partial charge in [0.05, 0.1) is 0 Å². The Labute approximate surface area is 125 Å². The second kappa shape index (κ2) is 6.25. The molecule has 1 nitrogen and oxygen atoms in total. The van der Waals surface area contributed by atoms with E-state index in [-0.39, 0.29) is 29.1 Å². The minimum Gasteiger partial charge on any atom is -0.299 e. The molecule has 1 aliphatic rings. The van der Waals surface area contributed by atoms with E-state index in [1.807, 2.05) is 0 Å². The second-order valence-corrected chi connectivity index (χ2v) is 7.26. The number of hydrogen-bond acceptors (Lipinski definition) is 1. The highest BCUT2D eigenvalue weighted by Crippen LogP contribution is 2.40. The number of hydrogen-bond donors (Lipinski definition) is 0. The van der Waals surface area contributed by atoms with Crippen LogP contribution >= 0.6 is 0 Å². The predicted octanol–water partition coefficient (Wildman–Crippen LogP) is 4.93. The Balaban J connectivity index is 1.97. The van der Waals surface area contributed by atoms with Crippen LogP contribution in [0.4, 0.5) is 8.78 Å². The van der Waals surface area contributed by atoms with Crippen molar-refractivity contribution in [2.45, 2.75) is 52.9 Å². The van der Waals surface area contributed by atoms with E-state index in [0.29, 0.717) is 5.92 Å². The highest BCUT2D eigenvalue weighted by molar-refractivity contribution is 5.83. The summed E-state index contributed by atoms with van der Waals surface area (Å²) in [7, 11) is 0. The summed E-state index contributed by atoms with van der Waals surface area (Å²) in [5.41, 5.74) is 0.187. The van der Waals surface area contributed by atoms with Crippen LogP contribution in [0, 0.1) is 28.9 Å². The molecule has 0 bridgehead atoms. The van der Waals surface area contributed by atoms with E-state index >= 15 is 0 Å². The van der Waals surface area contributed by atoms with Gasteiger partial charge >= 0.3 is 0 Å². The molecule has 0 amide bonds. The van der Waals surface area contributed by atoms with Gasteiger partial charge in [0.15, 0.2) is 0 Å². The van der Waals surface area contributed by atoms with Gasteiger partial charge in [-0.05, 0) is 49.1 Å². The molecule has 0 radical (unpaired) electrons. The molecular weight excluding hydrogens is 270 g/mol. The predicted molar refractivity (Wildman–Crippen MR) is 80.0 cm³/mol. The van der Waals surface area contributed by atoms with Crippen molar-refractivity contribution in [3.05, 3.63) is 35.4 Å². The zero-order valence-corrected chi connectivity index (χ0v) is 13.1. The smallest absolute Gasteiger partial charge is 0.140 e. The fourth-order valence-electron chi connectivity index (χ4n) is 3.30. The quantitative estimate of drug-likeness (QED) is 0.772. The lowest BCUT2D eigenvalue weighted by molar-refractivity contribution is -0.123. The van der Waals surface area contributed by atoms with Gasteiger partial charge in [0.1, 0.15) is 17.4 Å². The van der Waals surface area contributed by atoms with Crippen LogP contribution in [0.1, 0.15) is 52.0 Å². The molecule has 2 rings (SSSR count). The second-order valence-electron chi connectivity index (χ2n) is 7.26. The summed E-state index contributed by atoms with van der Waals surface area (Å²) < 4.78 is 27.2. The van der Waals surface area contributed by atoms with Crippen LogP contribution in [0.2, 0.25) is 0 Å². The number of carbonyl (C=O) groups excluding carboxylic acids is 1. The van der Waals surface area contributed by atoms with Gasteiger partial charge < -0.3 is 0 Å². The summed E-state index contributed by atoms with van der Waals surface area (Å²) in [5.74, 6) is -0.667. The van der Waals surface area contributed by atoms with Crippen molar-refractivity contribution >= 4 is 5.78 Å². The van der Waals surface area contributed by atoms with Crippen molar-refractivity contribution in [3.63, 3.8) is 0 Å². The lowest BCUT2D eigenvalue weighted by atomic mass is 9.69. The summed E-state index contributed by atoms with van der Waals surface area (Å²) in [6.07, 6.45) is 3.62. The molecule has 0 spiro atoms. The first-order valence-corrected chi connectivity index (χ1v) is 7.74. The summed E-state index contributed by atoms with van der Waals surface area (Å²) >= 11 is 0. The van der Waals surface area contributed by atoms with Crippen molar-refractivity contribution in [2.24, 2.45) is 17.3 Å². The number of rotatable bonds is 3. The Bertz CT molecular complexity index is 488. The molecule has 0 aromatic heterocycles. The largest absolute Gasteiger partial charge is 0.299 e. The summed E-state index contributed by atoms with van der Waals surface area (Å²) in [5, 5.41) is 0. The summed E-state index contributed by atoms with van der Waals surface area (Å²) in [6, 6.07) is 3.75. The van der Waals surface area contributed by atoms with Crippen LogP contribution in [0.25, 0.3) is 0 Å². The van der Waals surface area contributed by atoms with Crippen molar-refractivity contribution in [1.29, 1.82) is 0 Å². The SMILES string of the molecule is CC(C)(C)C1CCC(C(=O)Cc2c(F)cccc2F)CC1. The lowest BCUT2D eigenvalue weighted by Crippen LogP contribution is -2.29. The number of ketones is 1. The number of carbonyl (C=O) groups is 1. The Kier molecular flexibility index (Phi) is 4.80. The molecular formula is C18H24F2O. The number of Topliss-reactive ketones (excluding diaryl/α,β-unsaturated/α-hetero) is 1. The molecule has 0 aliphatic heterocycles. The van der Waals surface area contributed by atoms with E-state index in [9.17, 15) is 13.6 Å². The normalized spacial score (nSPS) is 23.1. The summed E-state index contributed by atoms with van der Waals surface area (Å²) in [6.45, 7) is 6.69. The highest BCUT2D eigenvalue weighted by atomic mass is 19.1. The third kappa shape index (κ3) is 3.90. The Morgan fingerprint density at radius 3 is 2.10 bits per heavy atom. The molecule has 1 aliphatic carbocycles. The number of benzene rings is 1. The first-order chi connectivity index (χ1) is 9.79. The minimum atomic E-state index is -0.619. The van der Waals surface area contributed by atoms with Crippen LogP contribution in [0.15, 0.2) is 18.2 Å². The molecule has 0 saturated heterocycles. The topological polar surface area (TPSA) is 17.1 Å². The van der Waals surface area contributed by atoms with Gasteiger partial charge in [0.2, 0.25) is 0 Å². The highest BCUT2D eigenvalue weighted by Gasteiger charge is 2.32. The van der Waals surface area contributed by atoms with E-state index in [4.69, 9.17) is 0 Å². The van der Waals surface area contributed by atoms with Crippen molar-refractivity contribution < 1.29 is 13.6 Å². The van der Waals surface area contributed by atoms with Crippen LogP contribution in [-0.4, -0.2) is 5.78 Å². The van der Waals surface area contributed by atoms with Crippen LogP contribution in [0.3, 0.4) is 0 Å². The maximum absolute atomic E-state index is 13.6. The van der Waals surface area contributed by atoms with Crippen LogP contribution in [-0.2, 0) is 11.2 Å².